The molecule has 1 N–H and O–H groups in total. The fourth-order valence-electron chi connectivity index (χ4n) is 4.38. The van der Waals surface area contributed by atoms with Crippen molar-refractivity contribution >= 4 is 11.6 Å². The average Bonchev–Trinajstić information content (AvgIpc) is 2.91. The Bertz CT molecular complexity index is 1150. The molecule has 0 aliphatic heterocycles. The molecule has 2 atom stereocenters. The van der Waals surface area contributed by atoms with E-state index in [0.29, 0.717) is 46.9 Å². The largest absolute Gasteiger partial charge is 0.493 e. The van der Waals surface area contributed by atoms with E-state index in [9.17, 15) is 5.11 Å². The Balaban J connectivity index is 1.92. The van der Waals surface area contributed by atoms with Crippen molar-refractivity contribution < 1.29 is 28.8 Å². The van der Waals surface area contributed by atoms with Gasteiger partial charge in [-0.25, -0.2) is 0 Å². The van der Waals surface area contributed by atoms with Gasteiger partial charge in [-0.15, -0.1) is 0 Å². The van der Waals surface area contributed by atoms with Crippen LogP contribution in [0.1, 0.15) is 29.7 Å². The van der Waals surface area contributed by atoms with Crippen LogP contribution in [0, 0.1) is 0 Å². The predicted molar refractivity (Wildman–Crippen MR) is 146 cm³/mol. The molecule has 37 heavy (non-hydrogen) atoms. The maximum atomic E-state index is 11.1. The Morgan fingerprint density at radius 3 is 1.95 bits per heavy atom. The molecule has 200 valence electrons. The molecular weight excluding hydrogens is 494 g/mol. The molecule has 0 aliphatic rings. The summed E-state index contributed by atoms with van der Waals surface area (Å²) in [5.74, 6) is 3.07. The molecule has 0 radical (unpaired) electrons. The number of methoxy groups -OCH3 is 5. The highest BCUT2D eigenvalue weighted by molar-refractivity contribution is 6.30. The number of benzene rings is 3. The maximum absolute atomic E-state index is 11.1. The van der Waals surface area contributed by atoms with E-state index >= 15 is 0 Å². The van der Waals surface area contributed by atoms with Gasteiger partial charge in [-0.05, 0) is 66.4 Å². The van der Waals surface area contributed by atoms with Crippen LogP contribution in [0.4, 0.5) is 0 Å². The van der Waals surface area contributed by atoms with Crippen LogP contribution in [-0.2, 0) is 13.0 Å². The molecule has 7 nitrogen and oxygen atoms in total. The quantitative estimate of drug-likeness (QED) is 0.311. The molecular formula is C29H36ClNO6. The van der Waals surface area contributed by atoms with Crippen molar-refractivity contribution in [3.05, 3.63) is 76.3 Å². The lowest BCUT2D eigenvalue weighted by Gasteiger charge is -2.32. The Morgan fingerprint density at radius 1 is 0.757 bits per heavy atom. The van der Waals surface area contributed by atoms with Gasteiger partial charge in [0, 0.05) is 24.2 Å². The zero-order valence-corrected chi connectivity index (χ0v) is 23.0. The van der Waals surface area contributed by atoms with Gasteiger partial charge in [0.2, 0.25) is 5.75 Å². The van der Waals surface area contributed by atoms with Crippen molar-refractivity contribution in [2.45, 2.75) is 32.0 Å². The van der Waals surface area contributed by atoms with Gasteiger partial charge in [0.1, 0.15) is 0 Å². The van der Waals surface area contributed by atoms with Crippen LogP contribution in [0.2, 0.25) is 5.02 Å². The number of halogens is 1. The first-order valence-electron chi connectivity index (χ1n) is 12.0. The van der Waals surface area contributed by atoms with Crippen LogP contribution >= 0.6 is 11.6 Å². The third kappa shape index (κ3) is 7.22. The molecule has 0 saturated carbocycles. The summed E-state index contributed by atoms with van der Waals surface area (Å²) in [7, 11) is 8.03. The van der Waals surface area contributed by atoms with E-state index in [1.54, 1.807) is 47.7 Å². The van der Waals surface area contributed by atoms with Crippen molar-refractivity contribution in [2.24, 2.45) is 0 Å². The third-order valence-corrected chi connectivity index (χ3v) is 6.59. The molecule has 1 unspecified atom stereocenters. The van der Waals surface area contributed by atoms with E-state index in [4.69, 9.17) is 35.3 Å². The van der Waals surface area contributed by atoms with Crippen molar-refractivity contribution in [2.75, 3.05) is 42.1 Å². The summed E-state index contributed by atoms with van der Waals surface area (Å²) in [5, 5.41) is 11.7. The summed E-state index contributed by atoms with van der Waals surface area (Å²) < 4.78 is 27.5. The summed E-state index contributed by atoms with van der Waals surface area (Å²) in [6.07, 6.45) is 0.00106. The van der Waals surface area contributed by atoms with Crippen LogP contribution in [0.5, 0.6) is 28.7 Å². The third-order valence-electron chi connectivity index (χ3n) is 6.35. The minimum Gasteiger partial charge on any atom is -0.493 e. The molecule has 0 fully saturated rings. The molecule has 0 spiro atoms. The van der Waals surface area contributed by atoms with E-state index in [1.807, 2.05) is 42.5 Å². The normalized spacial score (nSPS) is 12.7. The van der Waals surface area contributed by atoms with Gasteiger partial charge in [0.25, 0.3) is 0 Å². The Morgan fingerprint density at radius 2 is 1.38 bits per heavy atom. The molecule has 0 aliphatic carbocycles. The Hall–Kier alpha value is -3.13. The fraction of sp³-hybridized carbons (Fsp3) is 0.379. The van der Waals surface area contributed by atoms with Gasteiger partial charge < -0.3 is 28.8 Å². The molecule has 0 aromatic heterocycles. The predicted octanol–water partition coefficient (Wildman–Crippen LogP) is 5.55. The molecule has 3 rings (SSSR count). The summed E-state index contributed by atoms with van der Waals surface area (Å²) in [4.78, 5) is 2.23. The van der Waals surface area contributed by atoms with Gasteiger partial charge in [-0.2, -0.15) is 0 Å². The highest BCUT2D eigenvalue weighted by Crippen LogP contribution is 2.39. The first-order valence-corrected chi connectivity index (χ1v) is 12.4. The van der Waals surface area contributed by atoms with Gasteiger partial charge >= 0.3 is 0 Å². The second kappa shape index (κ2) is 13.4. The smallest absolute Gasteiger partial charge is 0.203 e. The lowest BCUT2D eigenvalue weighted by atomic mass is 10.0. The van der Waals surface area contributed by atoms with Crippen molar-refractivity contribution in [1.29, 1.82) is 0 Å². The van der Waals surface area contributed by atoms with Crippen LogP contribution in [0.15, 0.2) is 54.6 Å². The van der Waals surface area contributed by atoms with Gasteiger partial charge in [0.05, 0.1) is 41.7 Å². The lowest BCUT2D eigenvalue weighted by molar-refractivity contribution is 0.0858. The number of ether oxygens (including phenoxy) is 5. The van der Waals surface area contributed by atoms with Gasteiger partial charge in [-0.1, -0.05) is 29.8 Å². The number of hydrogen-bond donors (Lipinski definition) is 1. The molecule has 0 bridgehead atoms. The average molecular weight is 530 g/mol. The molecule has 0 amide bonds. The highest BCUT2D eigenvalue weighted by atomic mass is 35.5. The summed E-state index contributed by atoms with van der Waals surface area (Å²) in [5.41, 5.74) is 2.82. The zero-order valence-electron chi connectivity index (χ0n) is 22.3. The highest BCUT2D eigenvalue weighted by Gasteiger charge is 2.22. The Labute approximate surface area is 224 Å². The molecule has 3 aromatic carbocycles. The molecule has 0 saturated heterocycles. The topological polar surface area (TPSA) is 69.6 Å². The fourth-order valence-corrected chi connectivity index (χ4v) is 4.58. The molecule has 3 aromatic rings. The van der Waals surface area contributed by atoms with E-state index in [2.05, 4.69) is 11.8 Å². The monoisotopic (exact) mass is 529 g/mol. The summed E-state index contributed by atoms with van der Waals surface area (Å²) >= 11 is 6.19. The summed E-state index contributed by atoms with van der Waals surface area (Å²) in [6, 6.07) is 17.2. The van der Waals surface area contributed by atoms with Gasteiger partial charge in [0.15, 0.2) is 23.0 Å². The minimum atomic E-state index is -0.728. The number of aliphatic hydroxyl groups is 1. The van der Waals surface area contributed by atoms with E-state index in [0.717, 1.165) is 23.1 Å². The first-order chi connectivity index (χ1) is 17.8. The van der Waals surface area contributed by atoms with Crippen LogP contribution in [0.25, 0.3) is 0 Å². The van der Waals surface area contributed by atoms with Gasteiger partial charge in [-0.3, -0.25) is 4.90 Å². The molecule has 0 heterocycles. The first kappa shape index (κ1) is 28.4. The number of rotatable bonds is 13. The van der Waals surface area contributed by atoms with Crippen LogP contribution in [-0.4, -0.2) is 58.1 Å². The Kier molecular flexibility index (Phi) is 10.3. The van der Waals surface area contributed by atoms with Crippen molar-refractivity contribution in [3.8, 4) is 28.7 Å². The van der Waals surface area contributed by atoms with Crippen LogP contribution in [0.3, 0.4) is 0 Å². The van der Waals surface area contributed by atoms with Crippen molar-refractivity contribution in [3.63, 3.8) is 0 Å². The second-order valence-corrected chi connectivity index (χ2v) is 9.21. The minimum absolute atomic E-state index is 0.0611. The standard InChI is InChI=1S/C29H36ClNO6/c1-19(12-20-10-11-25(33-2)26(13-20)34-3)31(18-24(32)22-8-7-9-23(30)16-22)17-21-14-27(35-4)29(37-6)28(15-21)36-5/h7-11,13-16,19,24,32H,12,17-18H2,1-6H3/t19-,24?/m1/s1. The lowest BCUT2D eigenvalue weighted by Crippen LogP contribution is -2.37. The van der Waals surface area contributed by atoms with E-state index < -0.39 is 6.10 Å². The van der Waals surface area contributed by atoms with Crippen LogP contribution < -0.4 is 23.7 Å². The second-order valence-electron chi connectivity index (χ2n) is 8.78. The summed E-state index contributed by atoms with van der Waals surface area (Å²) in [6.45, 7) is 3.08. The number of hydrogen-bond acceptors (Lipinski definition) is 7. The maximum Gasteiger partial charge on any atom is 0.203 e. The zero-order chi connectivity index (χ0) is 26.9. The number of nitrogens with zero attached hydrogens (tertiary/aromatic N) is 1. The molecule has 8 heteroatoms. The van der Waals surface area contributed by atoms with Crippen molar-refractivity contribution in [1.82, 2.24) is 4.90 Å². The number of aliphatic hydroxyl groups excluding tert-OH is 1. The van der Waals surface area contributed by atoms with E-state index in [-0.39, 0.29) is 6.04 Å². The van der Waals surface area contributed by atoms with E-state index in [1.165, 1.54) is 0 Å². The SMILES string of the molecule is COc1ccc(C[C@@H](C)N(Cc2cc(OC)c(OC)c(OC)c2)CC(O)c2cccc(Cl)c2)cc1OC.